The third kappa shape index (κ3) is 7.72. The lowest BCUT2D eigenvalue weighted by Crippen LogP contribution is -2.17. The van der Waals surface area contributed by atoms with Crippen LogP contribution in [0.4, 0.5) is 0 Å². The number of nitrogens with two attached hydrogens (primary N) is 1. The highest BCUT2D eigenvalue weighted by Gasteiger charge is 2.13. The van der Waals surface area contributed by atoms with E-state index in [1.165, 1.54) is 12.1 Å². The van der Waals surface area contributed by atoms with Crippen LogP contribution in [0.2, 0.25) is 5.02 Å². The molecule has 0 aliphatic carbocycles. The summed E-state index contributed by atoms with van der Waals surface area (Å²) in [7, 11) is -3.67. The van der Waals surface area contributed by atoms with Crippen molar-refractivity contribution in [3.05, 3.63) is 86.8 Å². The van der Waals surface area contributed by atoms with Crippen LogP contribution in [0.1, 0.15) is 23.6 Å². The number of benzene rings is 3. The number of sulfonamides is 1. The molecule has 6 nitrogen and oxygen atoms in total. The number of primary sulfonamides is 1. The Morgan fingerprint density at radius 3 is 2.27 bits per heavy atom. The molecule has 0 heterocycles. The standard InChI is InChI=1S/C24H26BrClN2O4S/c1-2-31-23-14-19(13-22(25)24(23)32-16-18-3-7-20(26)8-4-18)15-28-12-11-17-5-9-21(10-6-17)33(27,29)30/h3-10,13-14,28H,2,11-12,15-16H2,1H3,(H2,27,29,30). The van der Waals surface area contributed by atoms with E-state index < -0.39 is 10.0 Å². The number of halogens is 2. The van der Waals surface area contributed by atoms with Gasteiger partial charge in [0.2, 0.25) is 10.0 Å². The Hall–Kier alpha value is -2.10. The van der Waals surface area contributed by atoms with E-state index in [0.717, 1.165) is 34.1 Å². The predicted molar refractivity (Wildman–Crippen MR) is 134 cm³/mol. The van der Waals surface area contributed by atoms with E-state index >= 15 is 0 Å². The Morgan fingerprint density at radius 1 is 0.970 bits per heavy atom. The Morgan fingerprint density at radius 2 is 1.64 bits per heavy atom. The maximum absolute atomic E-state index is 11.3. The molecule has 0 aliphatic rings. The van der Waals surface area contributed by atoms with Gasteiger partial charge in [-0.15, -0.1) is 0 Å². The number of rotatable bonds is 11. The van der Waals surface area contributed by atoms with Crippen molar-refractivity contribution in [1.82, 2.24) is 5.32 Å². The average Bonchev–Trinajstić information content (AvgIpc) is 2.77. The van der Waals surface area contributed by atoms with E-state index in [4.69, 9.17) is 26.2 Å². The summed E-state index contributed by atoms with van der Waals surface area (Å²) in [6, 6.07) is 18.1. The normalized spacial score (nSPS) is 11.4. The second-order valence-corrected chi connectivity index (χ2v) is 10.2. The van der Waals surface area contributed by atoms with Crippen molar-refractivity contribution in [3.63, 3.8) is 0 Å². The first kappa shape index (κ1) is 25.5. The van der Waals surface area contributed by atoms with E-state index in [1.807, 2.05) is 43.3 Å². The summed E-state index contributed by atoms with van der Waals surface area (Å²) >= 11 is 9.56. The molecule has 9 heteroatoms. The first-order valence-electron chi connectivity index (χ1n) is 10.4. The fourth-order valence-electron chi connectivity index (χ4n) is 3.17. The smallest absolute Gasteiger partial charge is 0.238 e. The molecular formula is C24H26BrClN2O4S. The van der Waals surface area contributed by atoms with Gasteiger partial charge in [-0.3, -0.25) is 0 Å². The molecule has 0 unspecified atom stereocenters. The van der Waals surface area contributed by atoms with Crippen molar-refractivity contribution in [2.45, 2.75) is 31.4 Å². The van der Waals surface area contributed by atoms with Crippen molar-refractivity contribution in [1.29, 1.82) is 0 Å². The van der Waals surface area contributed by atoms with E-state index in [0.29, 0.717) is 36.3 Å². The van der Waals surface area contributed by atoms with Crippen molar-refractivity contribution in [2.75, 3.05) is 13.2 Å². The van der Waals surface area contributed by atoms with E-state index in [2.05, 4.69) is 21.2 Å². The van der Waals surface area contributed by atoms with Gasteiger partial charge in [-0.25, -0.2) is 13.6 Å². The number of hydrogen-bond acceptors (Lipinski definition) is 5. The van der Waals surface area contributed by atoms with Crippen LogP contribution in [0.5, 0.6) is 11.5 Å². The second kappa shape index (κ2) is 11.9. The minimum absolute atomic E-state index is 0.117. The van der Waals surface area contributed by atoms with Gasteiger partial charge in [0.05, 0.1) is 16.0 Å². The predicted octanol–water partition coefficient (Wildman–Crippen LogP) is 5.06. The number of hydrogen-bond donors (Lipinski definition) is 2. The van der Waals surface area contributed by atoms with Crippen LogP contribution in [0.3, 0.4) is 0 Å². The van der Waals surface area contributed by atoms with Crippen LogP contribution in [0.15, 0.2) is 70.0 Å². The third-order valence-electron chi connectivity index (χ3n) is 4.84. The number of nitrogens with one attached hydrogen (secondary N) is 1. The molecule has 0 amide bonds. The molecule has 176 valence electrons. The van der Waals surface area contributed by atoms with Crippen molar-refractivity contribution in [3.8, 4) is 11.5 Å². The van der Waals surface area contributed by atoms with E-state index in [1.54, 1.807) is 12.1 Å². The average molecular weight is 554 g/mol. The van der Waals surface area contributed by atoms with Crippen molar-refractivity contribution >= 4 is 37.6 Å². The highest BCUT2D eigenvalue weighted by Crippen LogP contribution is 2.37. The molecule has 3 aromatic rings. The zero-order valence-electron chi connectivity index (χ0n) is 18.2. The molecule has 3 rings (SSSR count). The molecule has 0 spiro atoms. The number of ether oxygens (including phenoxy) is 2. The molecule has 0 saturated heterocycles. The molecule has 0 aliphatic heterocycles. The highest BCUT2D eigenvalue weighted by atomic mass is 79.9. The summed E-state index contributed by atoms with van der Waals surface area (Å²) in [6.45, 7) is 4.23. The fourth-order valence-corrected chi connectivity index (χ4v) is 4.42. The molecule has 33 heavy (non-hydrogen) atoms. The topological polar surface area (TPSA) is 90.6 Å². The Bertz CT molecular complexity index is 1170. The summed E-state index contributed by atoms with van der Waals surface area (Å²) in [5, 5.41) is 9.22. The van der Waals surface area contributed by atoms with Gasteiger partial charge in [-0.05, 0) is 88.9 Å². The SMILES string of the molecule is CCOc1cc(CNCCc2ccc(S(N)(=O)=O)cc2)cc(Br)c1OCc1ccc(Cl)cc1. The molecule has 0 atom stereocenters. The summed E-state index contributed by atoms with van der Waals surface area (Å²) in [4.78, 5) is 0.117. The molecule has 0 radical (unpaired) electrons. The lowest BCUT2D eigenvalue weighted by Gasteiger charge is -2.16. The maximum atomic E-state index is 11.3. The monoisotopic (exact) mass is 552 g/mol. The first-order valence-corrected chi connectivity index (χ1v) is 13.1. The lowest BCUT2D eigenvalue weighted by atomic mass is 10.1. The molecule has 0 bridgehead atoms. The van der Waals surface area contributed by atoms with Gasteiger partial charge >= 0.3 is 0 Å². The van der Waals surface area contributed by atoms with Crippen molar-refractivity contribution < 1.29 is 17.9 Å². The molecule has 0 saturated carbocycles. The van der Waals surface area contributed by atoms with Crippen LogP contribution < -0.4 is 19.9 Å². The van der Waals surface area contributed by atoms with E-state index in [9.17, 15) is 8.42 Å². The first-order chi connectivity index (χ1) is 15.8. The van der Waals surface area contributed by atoms with Gasteiger partial charge in [0.15, 0.2) is 11.5 Å². The fraction of sp³-hybridized carbons (Fsp3) is 0.250. The zero-order valence-corrected chi connectivity index (χ0v) is 21.3. The van der Waals surface area contributed by atoms with Gasteiger partial charge in [-0.1, -0.05) is 35.9 Å². The van der Waals surface area contributed by atoms with Gasteiger partial charge in [0.25, 0.3) is 0 Å². The lowest BCUT2D eigenvalue weighted by molar-refractivity contribution is 0.267. The van der Waals surface area contributed by atoms with Gasteiger partial charge < -0.3 is 14.8 Å². The Kier molecular flexibility index (Phi) is 9.17. The largest absolute Gasteiger partial charge is 0.490 e. The molecule has 3 aromatic carbocycles. The Balaban J connectivity index is 1.58. The summed E-state index contributed by atoms with van der Waals surface area (Å²) in [5.41, 5.74) is 3.09. The van der Waals surface area contributed by atoms with Crippen LogP contribution in [0.25, 0.3) is 0 Å². The minimum atomic E-state index is -3.67. The zero-order chi connectivity index (χ0) is 23.8. The molecule has 0 aromatic heterocycles. The highest BCUT2D eigenvalue weighted by molar-refractivity contribution is 9.10. The van der Waals surface area contributed by atoms with Crippen LogP contribution >= 0.6 is 27.5 Å². The Labute approximate surface area is 208 Å². The quantitative estimate of drug-likeness (QED) is 0.324. The third-order valence-corrected chi connectivity index (χ3v) is 6.61. The van der Waals surface area contributed by atoms with Gasteiger partial charge in [0.1, 0.15) is 6.61 Å². The van der Waals surface area contributed by atoms with E-state index in [-0.39, 0.29) is 4.90 Å². The minimum Gasteiger partial charge on any atom is -0.490 e. The van der Waals surface area contributed by atoms with Gasteiger partial charge in [-0.2, -0.15) is 0 Å². The van der Waals surface area contributed by atoms with Crippen LogP contribution in [-0.2, 0) is 29.6 Å². The van der Waals surface area contributed by atoms with Gasteiger partial charge in [0, 0.05) is 11.6 Å². The molecule has 0 fully saturated rings. The molecule has 3 N–H and O–H groups in total. The molecular weight excluding hydrogens is 528 g/mol. The maximum Gasteiger partial charge on any atom is 0.238 e. The summed E-state index contributed by atoms with van der Waals surface area (Å²) in [6.07, 6.45) is 0.757. The van der Waals surface area contributed by atoms with Crippen LogP contribution in [-0.4, -0.2) is 21.6 Å². The van der Waals surface area contributed by atoms with Crippen molar-refractivity contribution in [2.24, 2.45) is 5.14 Å². The van der Waals surface area contributed by atoms with Crippen LogP contribution in [0, 0.1) is 0 Å². The second-order valence-electron chi connectivity index (χ2n) is 7.37. The summed E-state index contributed by atoms with van der Waals surface area (Å²) < 4.78 is 35.4. The summed E-state index contributed by atoms with van der Waals surface area (Å²) in [5.74, 6) is 1.33.